The van der Waals surface area contributed by atoms with E-state index in [1.807, 2.05) is 37.3 Å². The Kier molecular flexibility index (Phi) is 5.54. The predicted octanol–water partition coefficient (Wildman–Crippen LogP) is 2.12. The number of aromatic nitrogens is 2. The summed E-state index contributed by atoms with van der Waals surface area (Å²) in [7, 11) is 0. The van der Waals surface area contributed by atoms with Crippen LogP contribution in [0.3, 0.4) is 0 Å². The van der Waals surface area contributed by atoms with Crippen LogP contribution in [0.4, 0.5) is 0 Å². The quantitative estimate of drug-likeness (QED) is 0.764. The van der Waals surface area contributed by atoms with Crippen LogP contribution in [0.5, 0.6) is 5.75 Å². The summed E-state index contributed by atoms with van der Waals surface area (Å²) >= 11 is 0. The molecule has 7 heteroatoms. The van der Waals surface area contributed by atoms with Crippen molar-refractivity contribution in [3.8, 4) is 17.5 Å². The molecule has 136 valence electrons. The fourth-order valence-electron chi connectivity index (χ4n) is 3.04. The minimum Gasteiger partial charge on any atom is -0.494 e. The highest BCUT2D eigenvalue weighted by Crippen LogP contribution is 2.20. The predicted molar refractivity (Wildman–Crippen MR) is 95.1 cm³/mol. The van der Waals surface area contributed by atoms with Gasteiger partial charge in [-0.25, -0.2) is 4.68 Å². The molecule has 1 aromatic carbocycles. The minimum atomic E-state index is -1.25. The van der Waals surface area contributed by atoms with Gasteiger partial charge in [-0.15, -0.1) is 0 Å². The molecule has 0 aliphatic carbocycles. The minimum absolute atomic E-state index is 0.354. The van der Waals surface area contributed by atoms with E-state index in [-0.39, 0.29) is 5.91 Å². The van der Waals surface area contributed by atoms with Gasteiger partial charge >= 0.3 is 0 Å². The number of fused-ring (bicyclic) bond motifs is 4. The third-order valence-electron chi connectivity index (χ3n) is 4.38. The van der Waals surface area contributed by atoms with E-state index in [1.54, 1.807) is 10.7 Å². The van der Waals surface area contributed by atoms with Crippen LogP contribution in [-0.4, -0.2) is 39.5 Å². The Labute approximate surface area is 152 Å². The van der Waals surface area contributed by atoms with Crippen molar-refractivity contribution in [1.29, 1.82) is 5.26 Å². The lowest BCUT2D eigenvalue weighted by atomic mass is 10.0. The maximum atomic E-state index is 12.8. The molecular weight excluding hydrogens is 332 g/mol. The normalized spacial score (nSPS) is 19.3. The van der Waals surface area contributed by atoms with Crippen molar-refractivity contribution < 1.29 is 14.6 Å². The van der Waals surface area contributed by atoms with E-state index in [1.165, 1.54) is 0 Å². The number of aliphatic hydroxyl groups is 1. The summed E-state index contributed by atoms with van der Waals surface area (Å²) in [4.78, 5) is 12.8. The molecule has 1 aliphatic heterocycles. The fourth-order valence-corrected chi connectivity index (χ4v) is 3.04. The van der Waals surface area contributed by atoms with Crippen molar-refractivity contribution in [2.24, 2.45) is 0 Å². The van der Waals surface area contributed by atoms with Gasteiger partial charge in [0.15, 0.2) is 6.10 Å². The van der Waals surface area contributed by atoms with Crippen molar-refractivity contribution in [2.75, 3.05) is 6.61 Å². The second-order valence-corrected chi connectivity index (χ2v) is 6.43. The highest BCUT2D eigenvalue weighted by molar-refractivity contribution is 5.93. The van der Waals surface area contributed by atoms with E-state index in [0.29, 0.717) is 24.4 Å². The molecule has 0 fully saturated rings. The lowest BCUT2D eigenvalue weighted by molar-refractivity contribution is 0.0873. The van der Waals surface area contributed by atoms with Crippen LogP contribution in [0.15, 0.2) is 30.3 Å². The van der Waals surface area contributed by atoms with Crippen molar-refractivity contribution in [3.63, 3.8) is 0 Å². The second kappa shape index (κ2) is 8.02. The zero-order valence-corrected chi connectivity index (χ0v) is 14.7. The maximum Gasteiger partial charge on any atom is 0.270 e. The Bertz CT molecular complexity index is 824. The number of aryl methyl sites for hydroxylation is 1. The lowest BCUT2D eigenvalue weighted by Crippen LogP contribution is -2.43. The molecule has 2 bridgehead atoms. The molecule has 2 atom stereocenters. The number of ether oxygens (including phenoxy) is 1. The third kappa shape index (κ3) is 4.03. The lowest BCUT2D eigenvalue weighted by Gasteiger charge is -2.20. The molecular formula is C19H22N4O3. The highest BCUT2D eigenvalue weighted by Gasteiger charge is 2.24. The molecule has 3 rings (SSSR count). The van der Waals surface area contributed by atoms with E-state index in [2.05, 4.69) is 10.4 Å². The Balaban J connectivity index is 1.99. The molecule has 0 spiro atoms. The first-order valence-corrected chi connectivity index (χ1v) is 8.77. The molecule has 0 saturated carbocycles. The summed E-state index contributed by atoms with van der Waals surface area (Å²) in [6, 6.07) is 10.3. The summed E-state index contributed by atoms with van der Waals surface area (Å²) < 4.78 is 7.35. The molecule has 1 amide bonds. The summed E-state index contributed by atoms with van der Waals surface area (Å²) in [5.74, 6) is 0.366. The molecule has 2 heterocycles. The first kappa shape index (κ1) is 18.0. The van der Waals surface area contributed by atoms with Gasteiger partial charge in [-0.2, -0.15) is 10.4 Å². The van der Waals surface area contributed by atoms with Crippen molar-refractivity contribution in [1.82, 2.24) is 15.1 Å². The maximum absolute atomic E-state index is 12.8. The SMILES string of the molecule is Cc1cc2n(n1)-c1cccc(c1)OCCCCCC(C(O)C#N)NC2=O. The fraction of sp³-hybridized carbons (Fsp3) is 0.421. The summed E-state index contributed by atoms with van der Waals surface area (Å²) in [6.45, 7) is 2.40. The average molecular weight is 354 g/mol. The van der Waals surface area contributed by atoms with Crippen LogP contribution in [0, 0.1) is 18.3 Å². The van der Waals surface area contributed by atoms with E-state index >= 15 is 0 Å². The average Bonchev–Trinajstić information content (AvgIpc) is 3.04. The van der Waals surface area contributed by atoms with Gasteiger partial charge in [-0.1, -0.05) is 12.5 Å². The molecule has 2 N–H and O–H groups in total. The number of hydrogen-bond donors (Lipinski definition) is 2. The second-order valence-electron chi connectivity index (χ2n) is 6.43. The number of aliphatic hydroxyl groups excluding tert-OH is 1. The Morgan fingerprint density at radius 2 is 2.23 bits per heavy atom. The highest BCUT2D eigenvalue weighted by atomic mass is 16.5. The zero-order chi connectivity index (χ0) is 18.5. The molecule has 2 aromatic rings. The summed E-state index contributed by atoms with van der Waals surface area (Å²) in [6.07, 6.45) is 1.81. The monoisotopic (exact) mass is 354 g/mol. The largest absolute Gasteiger partial charge is 0.494 e. The van der Waals surface area contributed by atoms with Crippen molar-refractivity contribution in [2.45, 2.75) is 44.8 Å². The molecule has 0 saturated heterocycles. The van der Waals surface area contributed by atoms with E-state index in [4.69, 9.17) is 10.00 Å². The van der Waals surface area contributed by atoms with Gasteiger partial charge < -0.3 is 15.2 Å². The number of hydrogen-bond acceptors (Lipinski definition) is 5. The Morgan fingerprint density at radius 1 is 1.38 bits per heavy atom. The van der Waals surface area contributed by atoms with Gasteiger partial charge in [0.25, 0.3) is 5.91 Å². The van der Waals surface area contributed by atoms with Gasteiger partial charge in [0.1, 0.15) is 11.4 Å². The molecule has 0 radical (unpaired) electrons. The number of benzene rings is 1. The Hall–Kier alpha value is -2.85. The summed E-state index contributed by atoms with van der Waals surface area (Å²) in [5, 5.41) is 26.2. The van der Waals surface area contributed by atoms with E-state index < -0.39 is 12.1 Å². The number of nitrogens with one attached hydrogen (secondary N) is 1. The summed E-state index contributed by atoms with van der Waals surface area (Å²) in [5.41, 5.74) is 1.77. The van der Waals surface area contributed by atoms with E-state index in [9.17, 15) is 9.90 Å². The van der Waals surface area contributed by atoms with Gasteiger partial charge in [-0.05, 0) is 44.4 Å². The van der Waals surface area contributed by atoms with Crippen LogP contribution in [0.1, 0.15) is 41.9 Å². The zero-order valence-electron chi connectivity index (χ0n) is 14.7. The first-order chi connectivity index (χ1) is 12.6. The number of nitriles is 1. The van der Waals surface area contributed by atoms with E-state index in [0.717, 1.165) is 30.7 Å². The van der Waals surface area contributed by atoms with Crippen molar-refractivity contribution >= 4 is 5.91 Å². The van der Waals surface area contributed by atoms with Gasteiger partial charge in [0.05, 0.1) is 30.1 Å². The van der Waals surface area contributed by atoms with Crippen LogP contribution < -0.4 is 10.1 Å². The number of nitrogens with zero attached hydrogens (tertiary/aromatic N) is 3. The van der Waals surface area contributed by atoms with Gasteiger partial charge in [0, 0.05) is 6.07 Å². The molecule has 1 aliphatic rings. The molecule has 26 heavy (non-hydrogen) atoms. The van der Waals surface area contributed by atoms with Crippen LogP contribution in [0.25, 0.3) is 5.69 Å². The van der Waals surface area contributed by atoms with Crippen molar-refractivity contribution in [3.05, 3.63) is 41.7 Å². The van der Waals surface area contributed by atoms with Gasteiger partial charge in [-0.3, -0.25) is 4.79 Å². The topological polar surface area (TPSA) is 100 Å². The molecule has 7 nitrogen and oxygen atoms in total. The number of carbonyl (C=O) groups excluding carboxylic acids is 1. The van der Waals surface area contributed by atoms with Crippen LogP contribution in [0.2, 0.25) is 0 Å². The Morgan fingerprint density at radius 3 is 3.04 bits per heavy atom. The number of amides is 1. The van der Waals surface area contributed by atoms with Crippen LogP contribution in [-0.2, 0) is 0 Å². The molecule has 1 aromatic heterocycles. The smallest absolute Gasteiger partial charge is 0.270 e. The van der Waals surface area contributed by atoms with Gasteiger partial charge in [0.2, 0.25) is 0 Å². The standard InChI is InChI=1S/C19H22N4O3/c1-13-10-17-19(25)21-16(18(24)12-20)8-3-2-4-9-26-15-7-5-6-14(11-15)23(17)22-13/h5-7,10-11,16,18,24H,2-4,8-9H2,1H3,(H,21,25). The molecule has 2 unspecified atom stereocenters. The number of rotatable bonds is 1. The third-order valence-corrected chi connectivity index (χ3v) is 4.38. The first-order valence-electron chi connectivity index (χ1n) is 8.77. The van der Waals surface area contributed by atoms with Crippen LogP contribution >= 0.6 is 0 Å². The number of carbonyl (C=O) groups is 1.